The van der Waals surface area contributed by atoms with Crippen molar-refractivity contribution in [1.29, 1.82) is 0 Å². The van der Waals surface area contributed by atoms with Crippen molar-refractivity contribution in [2.45, 2.75) is 51.0 Å². The lowest BCUT2D eigenvalue weighted by Gasteiger charge is -2.17. The van der Waals surface area contributed by atoms with E-state index in [9.17, 15) is 4.79 Å². The Balaban J connectivity index is 1.66. The number of ether oxygens (including phenoxy) is 1. The molecule has 1 heterocycles. The Bertz CT molecular complexity index is 750. The summed E-state index contributed by atoms with van der Waals surface area (Å²) in [4.78, 5) is 17.1. The first kappa shape index (κ1) is 18.2. The molecule has 1 aliphatic rings. The maximum Gasteiger partial charge on any atom is 0.255 e. The highest BCUT2D eigenvalue weighted by molar-refractivity contribution is 5.97. The highest BCUT2D eigenvalue weighted by Crippen LogP contribution is 2.31. The number of para-hydroxylation sites is 1. The highest BCUT2D eigenvalue weighted by atomic mass is 16.5. The first-order valence-electron chi connectivity index (χ1n) is 9.16. The minimum absolute atomic E-state index is 0.241. The van der Waals surface area contributed by atoms with Gasteiger partial charge in [0.2, 0.25) is 5.89 Å². The molecule has 0 saturated heterocycles. The maximum atomic E-state index is 12.6. The number of benzene rings is 1. The molecule has 1 N–H and O–H groups in total. The first-order chi connectivity index (χ1) is 12.7. The molecule has 1 aliphatic carbocycles. The lowest BCUT2D eigenvalue weighted by Crippen LogP contribution is -2.27. The SMILES string of the molecule is C=CCOc1ccccc1C(=O)NC(C)c1nc(C2CCCCC2)no1. The monoisotopic (exact) mass is 355 g/mol. The van der Waals surface area contributed by atoms with E-state index in [-0.39, 0.29) is 11.9 Å². The van der Waals surface area contributed by atoms with Crippen molar-refractivity contribution in [2.75, 3.05) is 6.61 Å². The number of nitrogens with zero attached hydrogens (tertiary/aromatic N) is 2. The van der Waals surface area contributed by atoms with Gasteiger partial charge in [-0.2, -0.15) is 4.98 Å². The first-order valence-corrected chi connectivity index (χ1v) is 9.16. The lowest BCUT2D eigenvalue weighted by atomic mass is 9.89. The Labute approximate surface area is 153 Å². The Morgan fingerprint density at radius 3 is 2.92 bits per heavy atom. The van der Waals surface area contributed by atoms with Gasteiger partial charge in [0, 0.05) is 5.92 Å². The van der Waals surface area contributed by atoms with Gasteiger partial charge < -0.3 is 14.6 Å². The van der Waals surface area contributed by atoms with Gasteiger partial charge in [0.05, 0.1) is 5.56 Å². The Kier molecular flexibility index (Phi) is 6.04. The predicted molar refractivity (Wildman–Crippen MR) is 98.1 cm³/mol. The smallest absolute Gasteiger partial charge is 0.255 e. The van der Waals surface area contributed by atoms with Gasteiger partial charge in [0.1, 0.15) is 18.4 Å². The van der Waals surface area contributed by atoms with Gasteiger partial charge in [0.25, 0.3) is 5.91 Å². The molecule has 6 heteroatoms. The van der Waals surface area contributed by atoms with Crippen LogP contribution in [-0.2, 0) is 0 Å². The van der Waals surface area contributed by atoms with E-state index in [1.165, 1.54) is 19.3 Å². The molecule has 0 radical (unpaired) electrons. The minimum atomic E-state index is -0.375. The molecule has 0 bridgehead atoms. The zero-order valence-corrected chi connectivity index (χ0v) is 15.1. The molecule has 1 fully saturated rings. The average molecular weight is 355 g/mol. The van der Waals surface area contributed by atoms with Crippen molar-refractivity contribution in [3.63, 3.8) is 0 Å². The molecule has 1 aromatic heterocycles. The van der Waals surface area contributed by atoms with Crippen LogP contribution in [0, 0.1) is 0 Å². The topological polar surface area (TPSA) is 77.2 Å². The second kappa shape index (κ2) is 8.65. The largest absolute Gasteiger partial charge is 0.489 e. The van der Waals surface area contributed by atoms with Crippen LogP contribution in [0.4, 0.5) is 0 Å². The van der Waals surface area contributed by atoms with E-state index < -0.39 is 0 Å². The number of amides is 1. The zero-order valence-electron chi connectivity index (χ0n) is 15.1. The summed E-state index contributed by atoms with van der Waals surface area (Å²) in [6.45, 7) is 5.80. The molecular weight excluding hydrogens is 330 g/mol. The summed E-state index contributed by atoms with van der Waals surface area (Å²) in [7, 11) is 0. The van der Waals surface area contributed by atoms with Gasteiger partial charge in [0.15, 0.2) is 5.82 Å². The summed E-state index contributed by atoms with van der Waals surface area (Å²) >= 11 is 0. The summed E-state index contributed by atoms with van der Waals surface area (Å²) < 4.78 is 10.9. The molecule has 0 aliphatic heterocycles. The second-order valence-corrected chi connectivity index (χ2v) is 6.62. The molecule has 138 valence electrons. The molecule has 1 aromatic carbocycles. The van der Waals surface area contributed by atoms with E-state index in [2.05, 4.69) is 22.0 Å². The van der Waals surface area contributed by atoms with Gasteiger partial charge in [-0.25, -0.2) is 0 Å². The van der Waals surface area contributed by atoms with Crippen LogP contribution in [0.15, 0.2) is 41.4 Å². The predicted octanol–water partition coefficient (Wildman–Crippen LogP) is 4.17. The van der Waals surface area contributed by atoms with E-state index in [0.717, 1.165) is 18.7 Å². The maximum absolute atomic E-state index is 12.6. The molecule has 1 amide bonds. The van der Waals surface area contributed by atoms with Crippen LogP contribution in [0.5, 0.6) is 5.75 Å². The molecule has 1 atom stereocenters. The van der Waals surface area contributed by atoms with E-state index in [1.54, 1.807) is 24.3 Å². The van der Waals surface area contributed by atoms with Crippen LogP contribution in [0.3, 0.4) is 0 Å². The van der Waals surface area contributed by atoms with Gasteiger partial charge in [-0.15, -0.1) is 0 Å². The van der Waals surface area contributed by atoms with Crippen LogP contribution >= 0.6 is 0 Å². The molecule has 3 rings (SSSR count). The van der Waals surface area contributed by atoms with Crippen LogP contribution in [0.25, 0.3) is 0 Å². The van der Waals surface area contributed by atoms with Crippen LogP contribution in [0.1, 0.15) is 73.1 Å². The number of nitrogens with one attached hydrogen (secondary N) is 1. The third-order valence-corrected chi connectivity index (χ3v) is 4.63. The molecule has 1 saturated carbocycles. The van der Waals surface area contributed by atoms with Gasteiger partial charge >= 0.3 is 0 Å². The number of carbonyl (C=O) groups excluding carboxylic acids is 1. The fourth-order valence-corrected chi connectivity index (χ4v) is 3.21. The van der Waals surface area contributed by atoms with Crippen LogP contribution < -0.4 is 10.1 Å². The molecular formula is C20H25N3O3. The number of carbonyl (C=O) groups is 1. The highest BCUT2D eigenvalue weighted by Gasteiger charge is 2.24. The third-order valence-electron chi connectivity index (χ3n) is 4.63. The Hall–Kier alpha value is -2.63. The van der Waals surface area contributed by atoms with Gasteiger partial charge in [-0.1, -0.05) is 49.2 Å². The summed E-state index contributed by atoms with van der Waals surface area (Å²) in [5, 5.41) is 7.03. The van der Waals surface area contributed by atoms with Crippen molar-refractivity contribution in [3.05, 3.63) is 54.2 Å². The summed E-state index contributed by atoms with van der Waals surface area (Å²) in [6, 6.07) is 6.74. The van der Waals surface area contributed by atoms with Crippen LogP contribution in [0.2, 0.25) is 0 Å². The average Bonchev–Trinajstić information content (AvgIpc) is 3.17. The molecule has 26 heavy (non-hydrogen) atoms. The standard InChI is InChI=1S/C20H25N3O3/c1-3-13-25-17-12-8-7-11-16(17)19(24)21-14(2)20-22-18(23-26-20)15-9-5-4-6-10-15/h3,7-8,11-12,14-15H,1,4-6,9-10,13H2,2H3,(H,21,24). The van der Waals surface area contributed by atoms with Crippen molar-refractivity contribution >= 4 is 5.91 Å². The Morgan fingerprint density at radius 2 is 2.15 bits per heavy atom. The van der Waals surface area contributed by atoms with Gasteiger partial charge in [-0.05, 0) is 31.9 Å². The lowest BCUT2D eigenvalue weighted by molar-refractivity contribution is 0.0929. The van der Waals surface area contributed by atoms with E-state index >= 15 is 0 Å². The Morgan fingerprint density at radius 1 is 1.38 bits per heavy atom. The van der Waals surface area contributed by atoms with E-state index in [4.69, 9.17) is 9.26 Å². The van der Waals surface area contributed by atoms with Crippen molar-refractivity contribution in [2.24, 2.45) is 0 Å². The van der Waals surface area contributed by atoms with Gasteiger partial charge in [-0.3, -0.25) is 4.79 Å². The number of aromatic nitrogens is 2. The molecule has 6 nitrogen and oxygen atoms in total. The summed E-state index contributed by atoms with van der Waals surface area (Å²) in [6.07, 6.45) is 7.55. The van der Waals surface area contributed by atoms with Crippen molar-refractivity contribution in [1.82, 2.24) is 15.5 Å². The van der Waals surface area contributed by atoms with E-state index in [1.807, 2.05) is 13.0 Å². The number of rotatable bonds is 7. The molecule has 1 unspecified atom stereocenters. The van der Waals surface area contributed by atoms with Crippen LogP contribution in [-0.4, -0.2) is 22.7 Å². The second-order valence-electron chi connectivity index (χ2n) is 6.62. The summed E-state index contributed by atoms with van der Waals surface area (Å²) in [5.41, 5.74) is 0.466. The number of hydrogen-bond donors (Lipinski definition) is 1. The zero-order chi connectivity index (χ0) is 18.4. The van der Waals surface area contributed by atoms with Crippen molar-refractivity contribution < 1.29 is 14.1 Å². The fraction of sp³-hybridized carbons (Fsp3) is 0.450. The normalized spacial score (nSPS) is 16.0. The number of hydrogen-bond acceptors (Lipinski definition) is 5. The van der Waals surface area contributed by atoms with Crippen molar-refractivity contribution in [3.8, 4) is 5.75 Å². The summed E-state index contributed by atoms with van der Waals surface area (Å²) in [5.74, 6) is 1.84. The molecule has 0 spiro atoms. The van der Waals surface area contributed by atoms with E-state index in [0.29, 0.717) is 29.7 Å². The fourth-order valence-electron chi connectivity index (χ4n) is 3.21. The third kappa shape index (κ3) is 4.31. The quantitative estimate of drug-likeness (QED) is 0.754. The minimum Gasteiger partial charge on any atom is -0.489 e. The molecule has 2 aromatic rings.